The second-order valence-corrected chi connectivity index (χ2v) is 8.18. The fourth-order valence-electron chi connectivity index (χ4n) is 3.45. The number of benzene rings is 1. The summed E-state index contributed by atoms with van der Waals surface area (Å²) in [4.78, 5) is 15.6. The highest BCUT2D eigenvalue weighted by atomic mass is 35.5. The molecule has 10 nitrogen and oxygen atoms in total. The van der Waals surface area contributed by atoms with E-state index in [9.17, 15) is 0 Å². The van der Waals surface area contributed by atoms with Crippen LogP contribution in [-0.2, 0) is 0 Å². The van der Waals surface area contributed by atoms with Gasteiger partial charge in [0.05, 0.1) is 23.1 Å². The van der Waals surface area contributed by atoms with Crippen molar-refractivity contribution in [2.24, 2.45) is 0 Å². The zero-order chi connectivity index (χ0) is 23.2. The lowest BCUT2D eigenvalue weighted by molar-refractivity contribution is 0.0290. The Kier molecular flexibility index (Phi) is 7.63. The first-order valence-electron chi connectivity index (χ1n) is 10.4. The summed E-state index contributed by atoms with van der Waals surface area (Å²) in [5, 5.41) is 28.8. The van der Waals surface area contributed by atoms with E-state index in [2.05, 4.69) is 30.8 Å². The first-order chi connectivity index (χ1) is 16.0. The molecule has 1 saturated heterocycles. The van der Waals surface area contributed by atoms with Gasteiger partial charge in [0.2, 0.25) is 5.95 Å². The molecule has 3 aromatic rings. The number of hydrogen-bond donors (Lipinski definition) is 5. The zero-order valence-electron chi connectivity index (χ0n) is 17.7. The average molecular weight is 491 g/mol. The first kappa shape index (κ1) is 23.3. The van der Waals surface area contributed by atoms with Gasteiger partial charge in [-0.25, -0.2) is 15.0 Å². The fraction of sp³-hybridized carbons (Fsp3) is 0.286. The van der Waals surface area contributed by atoms with Gasteiger partial charge in [0, 0.05) is 49.9 Å². The van der Waals surface area contributed by atoms with E-state index >= 15 is 0 Å². The summed E-state index contributed by atoms with van der Waals surface area (Å²) in [7, 11) is 0. The maximum absolute atomic E-state index is 8.98. The molecule has 2 aromatic heterocycles. The van der Waals surface area contributed by atoms with E-state index in [4.69, 9.17) is 38.6 Å². The predicted molar refractivity (Wildman–Crippen MR) is 130 cm³/mol. The van der Waals surface area contributed by atoms with Crippen LogP contribution in [0.5, 0.6) is 0 Å². The number of rotatable bonds is 8. The van der Waals surface area contributed by atoms with Gasteiger partial charge in [0.1, 0.15) is 17.2 Å². The summed E-state index contributed by atoms with van der Waals surface area (Å²) < 4.78 is 0. The van der Waals surface area contributed by atoms with Crippen LogP contribution in [0, 0.1) is 0 Å². The van der Waals surface area contributed by atoms with Crippen LogP contribution in [0.25, 0.3) is 11.3 Å². The first-order valence-corrected chi connectivity index (χ1v) is 11.2. The molecule has 1 fully saturated rings. The van der Waals surface area contributed by atoms with Crippen LogP contribution in [0.1, 0.15) is 0 Å². The summed E-state index contributed by atoms with van der Waals surface area (Å²) in [6.45, 7) is 4.58. The normalized spacial score (nSPS) is 13.6. The second kappa shape index (κ2) is 10.8. The van der Waals surface area contributed by atoms with Crippen LogP contribution in [-0.4, -0.2) is 64.6 Å². The molecule has 174 valence electrons. The third kappa shape index (κ3) is 5.92. The Bertz CT molecular complexity index is 1080. The van der Waals surface area contributed by atoms with E-state index in [1.807, 2.05) is 12.3 Å². The van der Waals surface area contributed by atoms with Gasteiger partial charge in [-0.15, -0.1) is 5.23 Å². The molecule has 1 aromatic carbocycles. The largest absolute Gasteiger partial charge is 0.368 e. The lowest BCUT2D eigenvalue weighted by atomic mass is 10.1. The summed E-state index contributed by atoms with van der Waals surface area (Å²) in [5.74, 6) is 1.09. The zero-order valence-corrected chi connectivity index (χ0v) is 19.2. The number of nitrogens with one attached hydrogen (secondary N) is 3. The smallest absolute Gasteiger partial charge is 0.223 e. The van der Waals surface area contributed by atoms with E-state index in [0.717, 1.165) is 43.1 Å². The third-order valence-corrected chi connectivity index (χ3v) is 5.65. The lowest BCUT2D eigenvalue weighted by Crippen LogP contribution is -2.43. The highest BCUT2D eigenvalue weighted by Crippen LogP contribution is 2.35. The molecule has 1 aliphatic rings. The van der Waals surface area contributed by atoms with E-state index in [0.29, 0.717) is 34.9 Å². The molecule has 1 aliphatic heterocycles. The van der Waals surface area contributed by atoms with Gasteiger partial charge >= 0.3 is 0 Å². The highest BCUT2D eigenvalue weighted by Gasteiger charge is 2.19. The second-order valence-electron chi connectivity index (χ2n) is 7.33. The molecule has 0 unspecified atom stereocenters. The molecule has 0 spiro atoms. The number of hydrogen-bond acceptors (Lipinski definition) is 10. The molecule has 12 heteroatoms. The molecule has 33 heavy (non-hydrogen) atoms. The summed E-state index contributed by atoms with van der Waals surface area (Å²) in [6, 6.07) is 8.56. The molecule has 5 N–H and O–H groups in total. The number of anilines is 4. The monoisotopic (exact) mass is 490 g/mol. The van der Waals surface area contributed by atoms with Crippen LogP contribution in [0.3, 0.4) is 0 Å². The van der Waals surface area contributed by atoms with Crippen molar-refractivity contribution in [3.8, 4) is 11.3 Å². The van der Waals surface area contributed by atoms with Crippen molar-refractivity contribution in [2.75, 3.05) is 60.0 Å². The Morgan fingerprint density at radius 2 is 1.79 bits per heavy atom. The van der Waals surface area contributed by atoms with Gasteiger partial charge in [0.15, 0.2) is 0 Å². The van der Waals surface area contributed by atoms with Gasteiger partial charge < -0.3 is 20.9 Å². The van der Waals surface area contributed by atoms with Crippen molar-refractivity contribution in [1.29, 1.82) is 0 Å². The van der Waals surface area contributed by atoms with Gasteiger partial charge in [0.25, 0.3) is 0 Å². The minimum Gasteiger partial charge on any atom is -0.368 e. The maximum Gasteiger partial charge on any atom is 0.223 e. The van der Waals surface area contributed by atoms with Crippen molar-refractivity contribution >= 4 is 46.3 Å². The Morgan fingerprint density at radius 3 is 2.48 bits per heavy atom. The minimum absolute atomic E-state index is 0.0181. The standard InChI is InChI=1S/C21H24Cl2N8O2/c22-14-1-3-16(17(23)11-14)20-18(30-9-7-24-8-10-30)13-28-21(29-20)26-6-5-25-19-4-2-15(12-27-19)31(32)33/h1-4,11-13,24,32-33H,5-10H2,(H,25,27)(H,26,28,29). The van der Waals surface area contributed by atoms with Crippen molar-refractivity contribution in [3.63, 3.8) is 0 Å². The van der Waals surface area contributed by atoms with Crippen molar-refractivity contribution in [3.05, 3.63) is 52.8 Å². The molecule has 0 aliphatic carbocycles. The van der Waals surface area contributed by atoms with Gasteiger partial charge in [-0.1, -0.05) is 23.2 Å². The number of halogens is 2. The number of piperazine rings is 1. The Balaban J connectivity index is 1.47. The van der Waals surface area contributed by atoms with Crippen molar-refractivity contribution in [2.45, 2.75) is 0 Å². The van der Waals surface area contributed by atoms with Gasteiger partial charge in [-0.2, -0.15) is 0 Å². The number of nitrogens with zero attached hydrogens (tertiary/aromatic N) is 5. The number of pyridine rings is 1. The van der Waals surface area contributed by atoms with Gasteiger partial charge in [-0.05, 0) is 30.3 Å². The quantitative estimate of drug-likeness (QED) is 0.237. The molecule has 0 amide bonds. The minimum atomic E-state index is 0.0181. The Morgan fingerprint density at radius 1 is 1.00 bits per heavy atom. The van der Waals surface area contributed by atoms with E-state index in [-0.39, 0.29) is 10.9 Å². The van der Waals surface area contributed by atoms with E-state index in [1.165, 1.54) is 12.3 Å². The lowest BCUT2D eigenvalue weighted by Gasteiger charge is -2.30. The maximum atomic E-state index is 8.98. The molecular weight excluding hydrogens is 467 g/mol. The molecule has 0 atom stereocenters. The topological polar surface area (TPSA) is 122 Å². The molecule has 4 rings (SSSR count). The molecule has 3 heterocycles. The van der Waals surface area contributed by atoms with Crippen molar-refractivity contribution in [1.82, 2.24) is 20.3 Å². The third-order valence-electron chi connectivity index (χ3n) is 5.11. The molecule has 0 saturated carbocycles. The van der Waals surface area contributed by atoms with Gasteiger partial charge in [-0.3, -0.25) is 10.4 Å². The highest BCUT2D eigenvalue weighted by molar-refractivity contribution is 6.36. The van der Waals surface area contributed by atoms with Crippen molar-refractivity contribution < 1.29 is 10.4 Å². The van der Waals surface area contributed by atoms with E-state index in [1.54, 1.807) is 18.2 Å². The van der Waals surface area contributed by atoms with Crippen LogP contribution >= 0.6 is 23.2 Å². The Hall–Kier alpha value is -2.89. The summed E-state index contributed by atoms with van der Waals surface area (Å²) >= 11 is 12.6. The molecule has 0 bridgehead atoms. The molecule has 0 radical (unpaired) electrons. The van der Waals surface area contributed by atoms with Crippen LogP contribution in [0.2, 0.25) is 10.0 Å². The van der Waals surface area contributed by atoms with E-state index < -0.39 is 0 Å². The van der Waals surface area contributed by atoms with Crippen LogP contribution < -0.4 is 26.1 Å². The Labute approximate surface area is 201 Å². The van der Waals surface area contributed by atoms with Crippen LogP contribution in [0.15, 0.2) is 42.7 Å². The molecular formula is C21H24Cl2N8O2. The number of aromatic nitrogens is 3. The predicted octanol–water partition coefficient (Wildman–Crippen LogP) is 3.36. The fourth-order valence-corrected chi connectivity index (χ4v) is 3.95. The average Bonchev–Trinajstić information content (AvgIpc) is 2.83. The SMILES string of the molecule is ON(O)c1ccc(NCCNc2ncc(N3CCNCC3)c(-c3ccc(Cl)cc3Cl)n2)nc1. The summed E-state index contributed by atoms with van der Waals surface area (Å²) in [5.41, 5.74) is 2.64. The van der Waals surface area contributed by atoms with Crippen LogP contribution in [0.4, 0.5) is 23.1 Å². The summed E-state index contributed by atoms with van der Waals surface area (Å²) in [6.07, 6.45) is 3.17.